The molecule has 1 amide bonds. The van der Waals surface area contributed by atoms with Crippen LogP contribution in [0.4, 0.5) is 0 Å². The third-order valence-corrected chi connectivity index (χ3v) is 4.60. The van der Waals surface area contributed by atoms with Crippen LogP contribution in [-0.2, 0) is 17.6 Å². The molecule has 0 spiro atoms. The van der Waals surface area contributed by atoms with Gasteiger partial charge in [0, 0.05) is 12.0 Å². The maximum Gasteiger partial charge on any atom is 0.220 e. The van der Waals surface area contributed by atoms with E-state index in [0.29, 0.717) is 12.8 Å². The predicted molar refractivity (Wildman–Crippen MR) is 102 cm³/mol. The van der Waals surface area contributed by atoms with Crippen LogP contribution in [-0.4, -0.2) is 11.1 Å². The summed E-state index contributed by atoms with van der Waals surface area (Å²) in [5.41, 5.74) is 4.20. The third-order valence-electron chi connectivity index (χ3n) is 4.60. The van der Waals surface area contributed by atoms with Crippen LogP contribution in [0.25, 0.3) is 0 Å². The molecule has 26 heavy (non-hydrogen) atoms. The molecule has 4 nitrogen and oxygen atoms in total. The first-order valence-corrected chi connectivity index (χ1v) is 8.93. The summed E-state index contributed by atoms with van der Waals surface area (Å²) in [7, 11) is 0. The fourth-order valence-corrected chi connectivity index (χ4v) is 3.15. The molecular formula is C22H24N2O2. The number of hydrogen-bond donors (Lipinski definition) is 1. The molecule has 1 atom stereocenters. The van der Waals surface area contributed by atoms with Crippen molar-refractivity contribution >= 4 is 5.91 Å². The number of nitrogens with one attached hydrogen (secondary N) is 1. The lowest BCUT2D eigenvalue weighted by molar-refractivity contribution is -0.121. The van der Waals surface area contributed by atoms with Crippen molar-refractivity contribution in [2.75, 3.05) is 0 Å². The monoisotopic (exact) mass is 348 g/mol. The fourth-order valence-electron chi connectivity index (χ4n) is 3.15. The van der Waals surface area contributed by atoms with E-state index in [9.17, 15) is 4.79 Å². The zero-order valence-electron chi connectivity index (χ0n) is 15.2. The Balaban J connectivity index is 1.68. The molecular weight excluding hydrogens is 324 g/mol. The SMILES string of the molecule is Cc1noc(C)c1CCC(=O)N[C@H](Cc1ccccc1)c1ccccc1. The van der Waals surface area contributed by atoms with Gasteiger partial charge < -0.3 is 9.84 Å². The largest absolute Gasteiger partial charge is 0.361 e. The minimum atomic E-state index is -0.0456. The molecule has 1 N–H and O–H groups in total. The number of nitrogens with zero attached hydrogens (tertiary/aromatic N) is 1. The van der Waals surface area contributed by atoms with E-state index >= 15 is 0 Å². The molecule has 134 valence electrons. The molecule has 3 rings (SSSR count). The normalized spacial score (nSPS) is 11.9. The minimum absolute atomic E-state index is 0.0368. The third kappa shape index (κ3) is 4.60. The molecule has 0 saturated carbocycles. The summed E-state index contributed by atoms with van der Waals surface area (Å²) in [5.74, 6) is 0.828. The quantitative estimate of drug-likeness (QED) is 0.692. The minimum Gasteiger partial charge on any atom is -0.361 e. The summed E-state index contributed by atoms with van der Waals surface area (Å²) in [4.78, 5) is 12.6. The molecule has 0 bridgehead atoms. The molecule has 0 saturated heterocycles. The predicted octanol–water partition coefficient (Wildman–Crippen LogP) is 4.32. The maximum absolute atomic E-state index is 12.6. The lowest BCUT2D eigenvalue weighted by atomic mass is 9.98. The van der Waals surface area contributed by atoms with Gasteiger partial charge in [0.25, 0.3) is 0 Å². The molecule has 0 aliphatic carbocycles. The number of carbonyl (C=O) groups excluding carboxylic acids is 1. The van der Waals surface area contributed by atoms with E-state index in [4.69, 9.17) is 4.52 Å². The average molecular weight is 348 g/mol. The number of hydrogen-bond acceptors (Lipinski definition) is 3. The molecule has 0 aliphatic rings. The zero-order chi connectivity index (χ0) is 18.4. The molecule has 0 unspecified atom stereocenters. The van der Waals surface area contributed by atoms with Crippen LogP contribution in [0.1, 0.15) is 40.6 Å². The smallest absolute Gasteiger partial charge is 0.220 e. The number of amides is 1. The Kier molecular flexibility index (Phi) is 5.84. The van der Waals surface area contributed by atoms with E-state index in [1.165, 1.54) is 5.56 Å². The van der Waals surface area contributed by atoms with E-state index in [2.05, 4.69) is 34.7 Å². The van der Waals surface area contributed by atoms with Gasteiger partial charge in [0.15, 0.2) is 0 Å². The fraction of sp³-hybridized carbons (Fsp3) is 0.273. The van der Waals surface area contributed by atoms with Crippen LogP contribution in [0.3, 0.4) is 0 Å². The molecule has 3 aromatic rings. The van der Waals surface area contributed by atoms with Crippen LogP contribution < -0.4 is 5.32 Å². The van der Waals surface area contributed by atoms with E-state index in [1.54, 1.807) is 0 Å². The Labute approximate surface area is 154 Å². The van der Waals surface area contributed by atoms with Gasteiger partial charge in [0.05, 0.1) is 11.7 Å². The maximum atomic E-state index is 12.6. The summed E-state index contributed by atoms with van der Waals surface area (Å²) in [6.07, 6.45) is 1.82. The molecule has 0 radical (unpaired) electrons. The van der Waals surface area contributed by atoms with E-state index in [1.807, 2.05) is 50.2 Å². The number of benzene rings is 2. The standard InChI is InChI=1S/C22H24N2O2/c1-16-20(17(2)26-24-16)13-14-22(25)23-21(19-11-7-4-8-12-19)15-18-9-5-3-6-10-18/h3-12,21H,13-15H2,1-2H3,(H,23,25)/t21-/m1/s1. The topological polar surface area (TPSA) is 55.1 Å². The summed E-state index contributed by atoms with van der Waals surface area (Å²) >= 11 is 0. The van der Waals surface area contributed by atoms with Crippen molar-refractivity contribution in [1.29, 1.82) is 0 Å². The van der Waals surface area contributed by atoms with Gasteiger partial charge in [-0.2, -0.15) is 0 Å². The Morgan fingerprint density at radius 1 is 1.04 bits per heavy atom. The van der Waals surface area contributed by atoms with Crippen LogP contribution in [0.2, 0.25) is 0 Å². The molecule has 2 aromatic carbocycles. The van der Waals surface area contributed by atoms with Crippen LogP contribution in [0.5, 0.6) is 0 Å². The van der Waals surface area contributed by atoms with Crippen molar-refractivity contribution < 1.29 is 9.32 Å². The first kappa shape index (κ1) is 17.9. The van der Waals surface area contributed by atoms with Gasteiger partial charge in [-0.05, 0) is 37.8 Å². The lowest BCUT2D eigenvalue weighted by Gasteiger charge is -2.19. The second-order valence-electron chi connectivity index (χ2n) is 6.52. The first-order valence-electron chi connectivity index (χ1n) is 8.93. The van der Waals surface area contributed by atoms with E-state index < -0.39 is 0 Å². The van der Waals surface area contributed by atoms with Gasteiger partial charge in [-0.3, -0.25) is 4.79 Å². The highest BCUT2D eigenvalue weighted by molar-refractivity contribution is 5.76. The highest BCUT2D eigenvalue weighted by Gasteiger charge is 2.17. The van der Waals surface area contributed by atoms with Gasteiger partial charge in [-0.15, -0.1) is 0 Å². The van der Waals surface area contributed by atoms with Gasteiger partial charge in [-0.1, -0.05) is 65.8 Å². The molecule has 0 aliphatic heterocycles. The van der Waals surface area contributed by atoms with E-state index in [-0.39, 0.29) is 11.9 Å². The Morgan fingerprint density at radius 2 is 1.69 bits per heavy atom. The summed E-state index contributed by atoms with van der Waals surface area (Å²) in [6.45, 7) is 3.79. The van der Waals surface area contributed by atoms with Gasteiger partial charge in [-0.25, -0.2) is 0 Å². The number of aryl methyl sites for hydroxylation is 2. The van der Waals surface area contributed by atoms with Crippen molar-refractivity contribution in [3.63, 3.8) is 0 Å². The summed E-state index contributed by atoms with van der Waals surface area (Å²) in [5, 5.41) is 7.14. The lowest BCUT2D eigenvalue weighted by Crippen LogP contribution is -2.30. The average Bonchev–Trinajstić information content (AvgIpc) is 2.99. The highest BCUT2D eigenvalue weighted by Crippen LogP contribution is 2.19. The van der Waals surface area contributed by atoms with Crippen molar-refractivity contribution in [3.05, 3.63) is 88.8 Å². The van der Waals surface area contributed by atoms with Crippen molar-refractivity contribution in [1.82, 2.24) is 10.5 Å². The highest BCUT2D eigenvalue weighted by atomic mass is 16.5. The summed E-state index contributed by atoms with van der Waals surface area (Å²) < 4.78 is 5.18. The van der Waals surface area contributed by atoms with Crippen molar-refractivity contribution in [2.45, 2.75) is 39.2 Å². The van der Waals surface area contributed by atoms with Crippen molar-refractivity contribution in [3.8, 4) is 0 Å². The Bertz CT molecular complexity index is 822. The van der Waals surface area contributed by atoms with Crippen LogP contribution >= 0.6 is 0 Å². The second kappa shape index (κ2) is 8.48. The molecule has 1 aromatic heterocycles. The molecule has 0 fully saturated rings. The van der Waals surface area contributed by atoms with Gasteiger partial charge in [0.2, 0.25) is 5.91 Å². The Morgan fingerprint density at radius 3 is 2.31 bits per heavy atom. The molecule has 1 heterocycles. The Hall–Kier alpha value is -2.88. The number of aromatic nitrogens is 1. The van der Waals surface area contributed by atoms with Gasteiger partial charge >= 0.3 is 0 Å². The zero-order valence-corrected chi connectivity index (χ0v) is 15.2. The van der Waals surface area contributed by atoms with E-state index in [0.717, 1.165) is 29.0 Å². The number of carbonyl (C=O) groups is 1. The first-order chi connectivity index (χ1) is 12.6. The second-order valence-corrected chi connectivity index (χ2v) is 6.52. The number of rotatable bonds is 7. The van der Waals surface area contributed by atoms with Gasteiger partial charge in [0.1, 0.15) is 5.76 Å². The molecule has 4 heteroatoms. The van der Waals surface area contributed by atoms with Crippen LogP contribution in [0.15, 0.2) is 65.2 Å². The summed E-state index contributed by atoms with van der Waals surface area (Å²) in [6, 6.07) is 20.3. The van der Waals surface area contributed by atoms with Crippen molar-refractivity contribution in [2.24, 2.45) is 0 Å². The van der Waals surface area contributed by atoms with Crippen LogP contribution in [0, 0.1) is 13.8 Å².